The van der Waals surface area contributed by atoms with Crippen LogP contribution in [0.5, 0.6) is 0 Å². The van der Waals surface area contributed by atoms with Crippen molar-refractivity contribution in [3.05, 3.63) is 0 Å². The average Bonchev–Trinajstić information content (AvgIpc) is 1.85. The molecule has 1 heterocycles. The summed E-state index contributed by atoms with van der Waals surface area (Å²) < 4.78 is 27.8. The van der Waals surface area contributed by atoms with E-state index >= 15 is 0 Å². The first-order valence-electron chi connectivity index (χ1n) is 3.85. The van der Waals surface area contributed by atoms with Gasteiger partial charge in [-0.3, -0.25) is 0 Å². The highest BCUT2D eigenvalue weighted by Gasteiger charge is 2.21. The Kier molecular flexibility index (Phi) is 3.20. The van der Waals surface area contributed by atoms with E-state index in [1.54, 1.807) is 0 Å². The van der Waals surface area contributed by atoms with E-state index in [4.69, 9.17) is 0 Å². The van der Waals surface area contributed by atoms with Crippen molar-refractivity contribution in [3.63, 3.8) is 0 Å². The van der Waals surface area contributed by atoms with Gasteiger partial charge in [0.25, 0.3) is 0 Å². The van der Waals surface area contributed by atoms with E-state index in [2.05, 4.69) is 10.1 Å². The van der Waals surface area contributed by atoms with E-state index in [0.717, 1.165) is 6.54 Å². The molecular formula is C7H13F2NO. The van der Waals surface area contributed by atoms with Crippen molar-refractivity contribution in [1.82, 2.24) is 5.32 Å². The minimum absolute atomic E-state index is 0.258. The third kappa shape index (κ3) is 3.12. The van der Waals surface area contributed by atoms with Gasteiger partial charge in [-0.25, -0.2) is 0 Å². The van der Waals surface area contributed by atoms with Crippen LogP contribution < -0.4 is 5.32 Å². The molecule has 11 heavy (non-hydrogen) atoms. The van der Waals surface area contributed by atoms with Crippen LogP contribution in [-0.2, 0) is 4.74 Å². The second-order valence-electron chi connectivity index (χ2n) is 2.90. The largest absolute Gasteiger partial charge is 0.345 e. The number of piperidine rings is 1. The molecule has 0 amide bonds. The lowest BCUT2D eigenvalue weighted by molar-refractivity contribution is -0.170. The smallest absolute Gasteiger partial charge is 0.320 e. The molecule has 0 aromatic heterocycles. The molecule has 2 nitrogen and oxygen atoms in total. The second-order valence-corrected chi connectivity index (χ2v) is 2.90. The van der Waals surface area contributed by atoms with Crippen molar-refractivity contribution in [2.75, 3.05) is 6.54 Å². The van der Waals surface area contributed by atoms with Gasteiger partial charge in [0, 0.05) is 6.04 Å². The molecule has 4 heteroatoms. The summed E-state index contributed by atoms with van der Waals surface area (Å²) in [5, 5.41) is 3.16. The molecule has 1 N–H and O–H groups in total. The number of alkyl halides is 2. The Balaban J connectivity index is 2.23. The van der Waals surface area contributed by atoms with E-state index in [1.807, 2.05) is 6.92 Å². The van der Waals surface area contributed by atoms with Gasteiger partial charge in [-0.2, -0.15) is 8.78 Å². The molecule has 0 aromatic carbocycles. The predicted molar refractivity (Wildman–Crippen MR) is 37.6 cm³/mol. The van der Waals surface area contributed by atoms with Crippen LogP contribution in [0.3, 0.4) is 0 Å². The normalized spacial score (nSPS) is 32.7. The Morgan fingerprint density at radius 2 is 2.27 bits per heavy atom. The lowest BCUT2D eigenvalue weighted by Gasteiger charge is -2.27. The molecule has 1 aliphatic heterocycles. The first kappa shape index (κ1) is 8.87. The number of ether oxygens (including phenoxy) is 1. The molecule has 1 saturated heterocycles. The summed E-state index contributed by atoms with van der Waals surface area (Å²) in [7, 11) is 0. The molecule has 0 radical (unpaired) electrons. The number of rotatable bonds is 2. The van der Waals surface area contributed by atoms with E-state index in [0.29, 0.717) is 18.9 Å². The van der Waals surface area contributed by atoms with Crippen molar-refractivity contribution in [2.45, 2.75) is 38.5 Å². The highest BCUT2D eigenvalue weighted by atomic mass is 19.3. The monoisotopic (exact) mass is 165 g/mol. The summed E-state index contributed by atoms with van der Waals surface area (Å²) in [5.74, 6) is 0. The van der Waals surface area contributed by atoms with Crippen LogP contribution in [0.15, 0.2) is 0 Å². The Morgan fingerprint density at radius 1 is 1.55 bits per heavy atom. The molecule has 1 rings (SSSR count). The maximum Gasteiger partial charge on any atom is 0.345 e. The minimum Gasteiger partial charge on any atom is -0.320 e. The standard InChI is InChI=1S/C7H13F2NO/c1-5-4-6(2-3-10-5)11-7(8)9/h5-7,10H,2-4H2,1H3/t5-,6-/m0/s1. The van der Waals surface area contributed by atoms with Crippen molar-refractivity contribution in [2.24, 2.45) is 0 Å². The summed E-state index contributed by atoms with van der Waals surface area (Å²) >= 11 is 0. The highest BCUT2D eigenvalue weighted by Crippen LogP contribution is 2.14. The SMILES string of the molecule is C[C@H]1C[C@@H](OC(F)F)CCN1. The zero-order valence-corrected chi connectivity index (χ0v) is 6.52. The number of hydrogen-bond donors (Lipinski definition) is 1. The molecule has 2 atom stereocenters. The molecule has 66 valence electrons. The zero-order chi connectivity index (χ0) is 8.27. The van der Waals surface area contributed by atoms with E-state index in [-0.39, 0.29) is 6.10 Å². The highest BCUT2D eigenvalue weighted by molar-refractivity contribution is 4.74. The quantitative estimate of drug-likeness (QED) is 0.667. The van der Waals surface area contributed by atoms with Gasteiger partial charge in [-0.15, -0.1) is 0 Å². The van der Waals surface area contributed by atoms with Crippen molar-refractivity contribution < 1.29 is 13.5 Å². The second kappa shape index (κ2) is 3.97. The fourth-order valence-corrected chi connectivity index (χ4v) is 1.36. The third-order valence-corrected chi connectivity index (χ3v) is 1.87. The van der Waals surface area contributed by atoms with E-state index in [1.165, 1.54) is 0 Å². The van der Waals surface area contributed by atoms with Crippen molar-refractivity contribution in [3.8, 4) is 0 Å². The molecule has 1 fully saturated rings. The van der Waals surface area contributed by atoms with Gasteiger partial charge in [-0.1, -0.05) is 0 Å². The average molecular weight is 165 g/mol. The first-order chi connectivity index (χ1) is 5.18. The molecule has 1 aliphatic rings. The van der Waals surface area contributed by atoms with Crippen molar-refractivity contribution in [1.29, 1.82) is 0 Å². The Morgan fingerprint density at radius 3 is 2.82 bits per heavy atom. The fourth-order valence-electron chi connectivity index (χ4n) is 1.36. The molecule has 0 bridgehead atoms. The molecule has 0 unspecified atom stereocenters. The molecular weight excluding hydrogens is 152 g/mol. The molecule has 0 aliphatic carbocycles. The molecule has 0 aromatic rings. The third-order valence-electron chi connectivity index (χ3n) is 1.87. The van der Waals surface area contributed by atoms with Gasteiger partial charge in [0.2, 0.25) is 0 Å². The van der Waals surface area contributed by atoms with Gasteiger partial charge in [0.1, 0.15) is 0 Å². The molecule has 0 saturated carbocycles. The lowest BCUT2D eigenvalue weighted by atomic mass is 10.0. The Hall–Kier alpha value is -0.220. The number of hydrogen-bond acceptors (Lipinski definition) is 2. The number of nitrogens with one attached hydrogen (secondary N) is 1. The van der Waals surface area contributed by atoms with Gasteiger partial charge < -0.3 is 10.1 Å². The van der Waals surface area contributed by atoms with E-state index in [9.17, 15) is 8.78 Å². The van der Waals surface area contributed by atoms with Gasteiger partial charge in [0.15, 0.2) is 0 Å². The fraction of sp³-hybridized carbons (Fsp3) is 1.00. The summed E-state index contributed by atoms with van der Waals surface area (Å²) in [6, 6.07) is 0.299. The van der Waals surface area contributed by atoms with Crippen LogP contribution in [0.4, 0.5) is 8.78 Å². The predicted octanol–water partition coefficient (Wildman–Crippen LogP) is 1.37. The Bertz CT molecular complexity index is 119. The topological polar surface area (TPSA) is 21.3 Å². The van der Waals surface area contributed by atoms with E-state index < -0.39 is 6.61 Å². The van der Waals surface area contributed by atoms with Crippen LogP contribution in [0, 0.1) is 0 Å². The Labute approximate surface area is 64.9 Å². The summed E-state index contributed by atoms with van der Waals surface area (Å²) in [6.07, 6.45) is 1.12. The lowest BCUT2D eigenvalue weighted by Crippen LogP contribution is -2.39. The minimum atomic E-state index is -2.62. The number of halogens is 2. The molecule has 0 spiro atoms. The maximum atomic E-state index is 11.7. The van der Waals surface area contributed by atoms with Crippen LogP contribution in [0.25, 0.3) is 0 Å². The maximum absolute atomic E-state index is 11.7. The summed E-state index contributed by atoms with van der Waals surface area (Å²) in [5.41, 5.74) is 0. The van der Waals surface area contributed by atoms with Crippen LogP contribution in [0.1, 0.15) is 19.8 Å². The van der Waals surface area contributed by atoms with Gasteiger partial charge in [-0.05, 0) is 26.3 Å². The summed E-state index contributed by atoms with van der Waals surface area (Å²) in [6.45, 7) is 0.129. The van der Waals surface area contributed by atoms with Crippen LogP contribution in [-0.4, -0.2) is 25.3 Å². The van der Waals surface area contributed by atoms with Crippen molar-refractivity contribution >= 4 is 0 Å². The zero-order valence-electron chi connectivity index (χ0n) is 6.52. The summed E-state index contributed by atoms with van der Waals surface area (Å²) in [4.78, 5) is 0. The van der Waals surface area contributed by atoms with Gasteiger partial charge in [0.05, 0.1) is 6.10 Å². The van der Waals surface area contributed by atoms with Crippen LogP contribution in [0.2, 0.25) is 0 Å². The van der Waals surface area contributed by atoms with Gasteiger partial charge >= 0.3 is 6.61 Å². The van der Waals surface area contributed by atoms with Crippen LogP contribution >= 0.6 is 0 Å². The first-order valence-corrected chi connectivity index (χ1v) is 3.85.